The van der Waals surface area contributed by atoms with E-state index in [9.17, 15) is 0 Å². The monoisotopic (exact) mass is 318 g/mol. The lowest BCUT2D eigenvalue weighted by Gasteiger charge is -2.21. The molecule has 0 atom stereocenters. The zero-order chi connectivity index (χ0) is 15.1. The van der Waals surface area contributed by atoms with E-state index in [0.29, 0.717) is 10.9 Å². The smallest absolute Gasteiger partial charge is 0.264 e. The Bertz CT molecular complexity index is 586. The number of rotatable bonds is 5. The average molecular weight is 318 g/mol. The lowest BCUT2D eigenvalue weighted by molar-refractivity contribution is 0.374. The van der Waals surface area contributed by atoms with Gasteiger partial charge in [-0.25, -0.2) is 0 Å². The molecule has 0 unspecified atom stereocenters. The standard InChI is InChI=1S/C16H18N2OS2/c1-3-18(4-2)16(20)19-14-12-17-11-10-15(14)21-13-8-6-5-7-9-13/h5-12H,3-4H2,1-2H3. The molecule has 21 heavy (non-hydrogen) atoms. The van der Waals surface area contributed by atoms with Gasteiger partial charge in [-0.15, -0.1) is 0 Å². The summed E-state index contributed by atoms with van der Waals surface area (Å²) in [5.74, 6) is 0.697. The topological polar surface area (TPSA) is 25.4 Å². The molecule has 0 radical (unpaired) electrons. The Morgan fingerprint density at radius 2 is 1.90 bits per heavy atom. The van der Waals surface area contributed by atoms with Crippen LogP contribution in [-0.2, 0) is 0 Å². The fourth-order valence-corrected chi connectivity index (χ4v) is 3.00. The van der Waals surface area contributed by atoms with E-state index in [-0.39, 0.29) is 0 Å². The minimum absolute atomic E-state index is 0.489. The molecule has 0 N–H and O–H groups in total. The number of thiocarbonyl (C=S) groups is 1. The molecular formula is C16H18N2OS2. The summed E-state index contributed by atoms with van der Waals surface area (Å²) in [4.78, 5) is 8.29. The zero-order valence-corrected chi connectivity index (χ0v) is 13.8. The second-order valence-corrected chi connectivity index (χ2v) is 5.74. The number of aromatic nitrogens is 1. The van der Waals surface area contributed by atoms with Crippen molar-refractivity contribution in [3.05, 3.63) is 48.8 Å². The second-order valence-electron chi connectivity index (χ2n) is 4.28. The summed E-state index contributed by atoms with van der Waals surface area (Å²) in [6.45, 7) is 5.78. The van der Waals surface area contributed by atoms with Crippen LogP contribution in [0.2, 0.25) is 0 Å². The summed E-state index contributed by atoms with van der Waals surface area (Å²) in [5.41, 5.74) is 0. The lowest BCUT2D eigenvalue weighted by atomic mass is 10.4. The molecule has 1 aromatic carbocycles. The van der Waals surface area contributed by atoms with Crippen LogP contribution < -0.4 is 4.74 Å². The predicted molar refractivity (Wildman–Crippen MR) is 90.9 cm³/mol. The van der Waals surface area contributed by atoms with Gasteiger partial charge in [0.05, 0.1) is 11.1 Å². The maximum atomic E-state index is 5.84. The first-order chi connectivity index (χ1) is 10.2. The van der Waals surface area contributed by atoms with Gasteiger partial charge in [-0.1, -0.05) is 30.0 Å². The van der Waals surface area contributed by atoms with Gasteiger partial charge in [0.1, 0.15) is 0 Å². The summed E-state index contributed by atoms with van der Waals surface area (Å²) in [6.07, 6.45) is 3.47. The zero-order valence-electron chi connectivity index (χ0n) is 12.2. The lowest BCUT2D eigenvalue weighted by Crippen LogP contribution is -2.32. The highest BCUT2D eigenvalue weighted by atomic mass is 32.2. The van der Waals surface area contributed by atoms with E-state index >= 15 is 0 Å². The van der Waals surface area contributed by atoms with Crippen molar-refractivity contribution in [2.24, 2.45) is 0 Å². The van der Waals surface area contributed by atoms with E-state index < -0.39 is 0 Å². The van der Waals surface area contributed by atoms with Crippen LogP contribution in [-0.4, -0.2) is 28.1 Å². The molecule has 0 spiro atoms. The van der Waals surface area contributed by atoms with E-state index in [1.165, 1.54) is 0 Å². The Morgan fingerprint density at radius 1 is 1.19 bits per heavy atom. The predicted octanol–water partition coefficient (Wildman–Crippen LogP) is 4.24. The van der Waals surface area contributed by atoms with Crippen LogP contribution in [0, 0.1) is 0 Å². The first kappa shape index (κ1) is 15.8. The quantitative estimate of drug-likeness (QED) is 0.768. The second kappa shape index (κ2) is 8.00. The third-order valence-corrected chi connectivity index (χ3v) is 4.34. The Morgan fingerprint density at radius 3 is 2.57 bits per heavy atom. The van der Waals surface area contributed by atoms with Gasteiger partial charge in [0.25, 0.3) is 5.17 Å². The third kappa shape index (κ3) is 4.44. The van der Waals surface area contributed by atoms with E-state index in [1.54, 1.807) is 24.2 Å². The number of hydrogen-bond acceptors (Lipinski definition) is 4. The molecule has 2 rings (SSSR count). The van der Waals surface area contributed by atoms with Crippen molar-refractivity contribution in [1.82, 2.24) is 9.88 Å². The Labute approximate surface area is 135 Å². The molecule has 0 fully saturated rings. The van der Waals surface area contributed by atoms with Gasteiger partial charge < -0.3 is 9.64 Å². The first-order valence-corrected chi connectivity index (χ1v) is 8.10. The number of hydrogen-bond donors (Lipinski definition) is 0. The number of nitrogens with zero attached hydrogens (tertiary/aromatic N) is 2. The van der Waals surface area contributed by atoms with Gasteiger partial charge in [0.2, 0.25) is 0 Å². The van der Waals surface area contributed by atoms with Gasteiger partial charge in [-0.2, -0.15) is 0 Å². The molecule has 5 heteroatoms. The SMILES string of the molecule is CCN(CC)C(=S)Oc1cnccc1Sc1ccccc1. The van der Waals surface area contributed by atoms with E-state index in [2.05, 4.69) is 31.0 Å². The summed E-state index contributed by atoms with van der Waals surface area (Å²) in [5, 5.41) is 0.489. The molecule has 0 aliphatic carbocycles. The van der Waals surface area contributed by atoms with Crippen LogP contribution >= 0.6 is 24.0 Å². The molecule has 0 aliphatic rings. The minimum atomic E-state index is 0.489. The van der Waals surface area contributed by atoms with E-state index in [1.807, 2.05) is 29.2 Å². The molecule has 0 bridgehead atoms. The Hall–Kier alpha value is -1.59. The molecule has 1 heterocycles. The van der Waals surface area contributed by atoms with Crippen molar-refractivity contribution in [3.8, 4) is 5.75 Å². The molecule has 2 aromatic rings. The van der Waals surface area contributed by atoms with Gasteiger partial charge >= 0.3 is 0 Å². The van der Waals surface area contributed by atoms with Crippen LogP contribution in [0.25, 0.3) is 0 Å². The minimum Gasteiger partial charge on any atom is -0.429 e. The van der Waals surface area contributed by atoms with Gasteiger partial charge in [-0.05, 0) is 44.3 Å². The first-order valence-electron chi connectivity index (χ1n) is 6.88. The highest BCUT2D eigenvalue weighted by Crippen LogP contribution is 2.34. The Balaban J connectivity index is 2.15. The fraction of sp³-hybridized carbons (Fsp3) is 0.250. The highest BCUT2D eigenvalue weighted by molar-refractivity contribution is 7.99. The number of benzene rings is 1. The van der Waals surface area contributed by atoms with Crippen molar-refractivity contribution in [2.45, 2.75) is 23.6 Å². The van der Waals surface area contributed by atoms with Crippen LogP contribution in [0.3, 0.4) is 0 Å². The van der Waals surface area contributed by atoms with Crippen LogP contribution in [0.15, 0.2) is 58.6 Å². The van der Waals surface area contributed by atoms with Crippen LogP contribution in [0.1, 0.15) is 13.8 Å². The molecule has 0 saturated heterocycles. The van der Waals surface area contributed by atoms with Crippen LogP contribution in [0.5, 0.6) is 5.75 Å². The van der Waals surface area contributed by atoms with Gasteiger partial charge in [0.15, 0.2) is 5.75 Å². The van der Waals surface area contributed by atoms with Gasteiger partial charge in [0, 0.05) is 24.2 Å². The van der Waals surface area contributed by atoms with Crippen molar-refractivity contribution >= 4 is 29.2 Å². The molecule has 0 aliphatic heterocycles. The summed E-state index contributed by atoms with van der Waals surface area (Å²) in [6, 6.07) is 12.1. The normalized spacial score (nSPS) is 10.2. The van der Waals surface area contributed by atoms with Crippen molar-refractivity contribution in [2.75, 3.05) is 13.1 Å². The number of pyridine rings is 1. The largest absolute Gasteiger partial charge is 0.429 e. The van der Waals surface area contributed by atoms with Gasteiger partial charge in [-0.3, -0.25) is 4.98 Å². The van der Waals surface area contributed by atoms with Crippen molar-refractivity contribution in [1.29, 1.82) is 0 Å². The fourth-order valence-electron chi connectivity index (χ4n) is 1.78. The summed E-state index contributed by atoms with van der Waals surface area (Å²) >= 11 is 6.99. The van der Waals surface area contributed by atoms with E-state index in [0.717, 1.165) is 22.9 Å². The maximum Gasteiger partial charge on any atom is 0.264 e. The Kier molecular flexibility index (Phi) is 6.02. The van der Waals surface area contributed by atoms with E-state index in [4.69, 9.17) is 17.0 Å². The van der Waals surface area contributed by atoms with Crippen molar-refractivity contribution in [3.63, 3.8) is 0 Å². The highest BCUT2D eigenvalue weighted by Gasteiger charge is 2.12. The summed E-state index contributed by atoms with van der Waals surface area (Å²) < 4.78 is 5.84. The van der Waals surface area contributed by atoms with Crippen LogP contribution in [0.4, 0.5) is 0 Å². The molecule has 3 nitrogen and oxygen atoms in total. The molecule has 1 aromatic heterocycles. The molecular weight excluding hydrogens is 300 g/mol. The maximum absolute atomic E-state index is 5.84. The summed E-state index contributed by atoms with van der Waals surface area (Å²) in [7, 11) is 0. The van der Waals surface area contributed by atoms with Crippen molar-refractivity contribution < 1.29 is 4.74 Å². The molecule has 0 amide bonds. The third-order valence-electron chi connectivity index (χ3n) is 2.94. The average Bonchev–Trinajstić information content (AvgIpc) is 2.51. The number of ether oxygens (including phenoxy) is 1. The molecule has 0 saturated carbocycles. The molecule has 110 valence electrons.